The maximum absolute atomic E-state index is 6.07. The minimum atomic E-state index is 0.761. The van der Waals surface area contributed by atoms with Gasteiger partial charge >= 0.3 is 0 Å². The molecule has 0 saturated carbocycles. The summed E-state index contributed by atoms with van der Waals surface area (Å²) in [6.07, 6.45) is 0. The second kappa shape index (κ2) is 9.27. The van der Waals surface area contributed by atoms with Crippen LogP contribution in [0.5, 0.6) is 0 Å². The molecular formula is C30H20ClNS2. The van der Waals surface area contributed by atoms with Crippen LogP contribution in [0.2, 0.25) is 5.02 Å². The molecule has 0 amide bonds. The first-order valence-electron chi connectivity index (χ1n) is 11.0. The Kier molecular flexibility index (Phi) is 5.84. The number of para-hydroxylation sites is 2. The summed E-state index contributed by atoms with van der Waals surface area (Å²) in [4.78, 5) is 7.46. The minimum absolute atomic E-state index is 0.761. The van der Waals surface area contributed by atoms with Crippen molar-refractivity contribution < 1.29 is 0 Å². The van der Waals surface area contributed by atoms with Crippen molar-refractivity contribution in [3.8, 4) is 11.1 Å². The predicted octanol–water partition coefficient (Wildman–Crippen LogP) is 10.1. The van der Waals surface area contributed by atoms with E-state index in [0.29, 0.717) is 0 Å². The minimum Gasteiger partial charge on any atom is -0.310 e. The van der Waals surface area contributed by atoms with Crippen molar-refractivity contribution >= 4 is 52.2 Å². The van der Waals surface area contributed by atoms with E-state index in [2.05, 4.69) is 114 Å². The van der Waals surface area contributed by atoms with Gasteiger partial charge in [-0.1, -0.05) is 89.7 Å². The number of fused-ring (bicyclic) bond motifs is 2. The molecule has 0 atom stereocenters. The second-order valence-corrected chi connectivity index (χ2v) is 10.6. The van der Waals surface area contributed by atoms with Crippen LogP contribution in [0.25, 0.3) is 11.1 Å². The van der Waals surface area contributed by atoms with Gasteiger partial charge in [0.2, 0.25) is 0 Å². The quantitative estimate of drug-likeness (QED) is 0.240. The van der Waals surface area contributed by atoms with Crippen LogP contribution in [0.3, 0.4) is 0 Å². The monoisotopic (exact) mass is 493 g/mol. The van der Waals surface area contributed by atoms with Gasteiger partial charge in [0.25, 0.3) is 0 Å². The van der Waals surface area contributed by atoms with E-state index in [1.54, 1.807) is 0 Å². The van der Waals surface area contributed by atoms with E-state index in [1.165, 1.54) is 30.7 Å². The molecule has 0 aromatic heterocycles. The molecule has 4 heteroatoms. The number of nitrogens with zero attached hydrogens (tertiary/aromatic N) is 1. The van der Waals surface area contributed by atoms with E-state index in [1.807, 2.05) is 35.7 Å². The van der Waals surface area contributed by atoms with E-state index >= 15 is 0 Å². The van der Waals surface area contributed by atoms with Crippen molar-refractivity contribution in [3.05, 3.63) is 126 Å². The molecule has 1 aliphatic rings. The molecule has 5 aromatic carbocycles. The lowest BCUT2D eigenvalue weighted by Gasteiger charge is -2.27. The van der Waals surface area contributed by atoms with E-state index in [4.69, 9.17) is 11.6 Å². The number of rotatable bonds is 4. The summed E-state index contributed by atoms with van der Waals surface area (Å²) in [5.74, 6) is 0. The number of benzene rings is 5. The van der Waals surface area contributed by atoms with Gasteiger partial charge < -0.3 is 4.90 Å². The average molecular weight is 494 g/mol. The van der Waals surface area contributed by atoms with Gasteiger partial charge in [-0.25, -0.2) is 0 Å². The molecule has 1 nitrogen and oxygen atoms in total. The van der Waals surface area contributed by atoms with Crippen LogP contribution < -0.4 is 4.90 Å². The molecular weight excluding hydrogens is 474 g/mol. The largest absolute Gasteiger partial charge is 0.310 e. The third-order valence-electron chi connectivity index (χ3n) is 5.78. The summed E-state index contributed by atoms with van der Waals surface area (Å²) in [6.45, 7) is 0. The van der Waals surface area contributed by atoms with Gasteiger partial charge in [0.1, 0.15) is 0 Å². The third-order valence-corrected chi connectivity index (χ3v) is 8.55. The van der Waals surface area contributed by atoms with Crippen molar-refractivity contribution in [2.24, 2.45) is 0 Å². The molecule has 1 aliphatic heterocycles. The summed E-state index contributed by atoms with van der Waals surface area (Å²) in [5.41, 5.74) is 5.85. The highest BCUT2D eigenvalue weighted by Gasteiger charge is 2.20. The lowest BCUT2D eigenvalue weighted by atomic mass is 10.1. The van der Waals surface area contributed by atoms with E-state index in [-0.39, 0.29) is 0 Å². The third kappa shape index (κ3) is 4.23. The fourth-order valence-corrected chi connectivity index (χ4v) is 6.53. The molecule has 0 aliphatic carbocycles. The fourth-order valence-electron chi connectivity index (χ4n) is 4.13. The van der Waals surface area contributed by atoms with E-state index in [0.717, 1.165) is 22.1 Å². The van der Waals surface area contributed by atoms with Crippen molar-refractivity contribution in [1.82, 2.24) is 0 Å². The zero-order valence-corrected chi connectivity index (χ0v) is 20.6. The van der Waals surface area contributed by atoms with Crippen LogP contribution in [0, 0.1) is 0 Å². The highest BCUT2D eigenvalue weighted by molar-refractivity contribution is 8.05. The molecule has 0 radical (unpaired) electrons. The smallest absolute Gasteiger partial charge is 0.0473 e. The van der Waals surface area contributed by atoms with Crippen LogP contribution in [0.15, 0.2) is 141 Å². The van der Waals surface area contributed by atoms with Crippen molar-refractivity contribution in [1.29, 1.82) is 0 Å². The van der Waals surface area contributed by atoms with E-state index in [9.17, 15) is 0 Å². The molecule has 34 heavy (non-hydrogen) atoms. The molecule has 0 fully saturated rings. The summed E-state index contributed by atoms with van der Waals surface area (Å²) in [7, 11) is 0. The zero-order valence-electron chi connectivity index (χ0n) is 18.2. The van der Waals surface area contributed by atoms with Crippen LogP contribution in [-0.2, 0) is 0 Å². The Morgan fingerprint density at radius 1 is 0.441 bits per heavy atom. The molecule has 0 unspecified atom stereocenters. The van der Waals surface area contributed by atoms with Gasteiger partial charge in [-0.15, -0.1) is 0 Å². The zero-order chi connectivity index (χ0) is 22.9. The SMILES string of the molecule is Clc1ccc(-c2ccc3c(c2)Sc2ccc(N(c4ccccc4)c4ccccc4)cc2S3)cc1. The summed E-state index contributed by atoms with van der Waals surface area (Å²) < 4.78 is 0. The average Bonchev–Trinajstić information content (AvgIpc) is 2.89. The normalized spacial score (nSPS) is 12.0. The van der Waals surface area contributed by atoms with Gasteiger partial charge in [0.15, 0.2) is 0 Å². The van der Waals surface area contributed by atoms with Gasteiger partial charge in [-0.05, 0) is 77.9 Å². The lowest BCUT2D eigenvalue weighted by Crippen LogP contribution is -2.10. The van der Waals surface area contributed by atoms with Gasteiger partial charge in [0, 0.05) is 41.7 Å². The number of halogens is 1. The summed E-state index contributed by atoms with van der Waals surface area (Å²) in [5, 5.41) is 0.761. The Morgan fingerprint density at radius 2 is 0.971 bits per heavy atom. The highest BCUT2D eigenvalue weighted by Crippen LogP contribution is 2.51. The molecule has 5 aromatic rings. The standard InChI is InChI=1S/C30H20ClNS2/c31-23-14-11-21(12-15-23)22-13-17-27-29(19-22)33-28-18-16-26(20-30(28)34-27)32(24-7-3-1-4-8-24)25-9-5-2-6-10-25/h1-20H. The first kappa shape index (κ1) is 21.4. The molecule has 0 spiro atoms. The predicted molar refractivity (Wildman–Crippen MR) is 146 cm³/mol. The van der Waals surface area contributed by atoms with Crippen LogP contribution in [-0.4, -0.2) is 0 Å². The molecule has 0 saturated heterocycles. The van der Waals surface area contributed by atoms with Crippen LogP contribution >= 0.6 is 35.1 Å². The molecule has 164 valence electrons. The maximum atomic E-state index is 6.07. The molecule has 1 heterocycles. The van der Waals surface area contributed by atoms with Gasteiger partial charge in [0.05, 0.1) is 0 Å². The Morgan fingerprint density at radius 3 is 1.59 bits per heavy atom. The van der Waals surface area contributed by atoms with Gasteiger partial charge in [-0.2, -0.15) is 0 Å². The number of hydrogen-bond donors (Lipinski definition) is 0. The van der Waals surface area contributed by atoms with Gasteiger partial charge in [-0.3, -0.25) is 0 Å². The Bertz CT molecular complexity index is 1410. The van der Waals surface area contributed by atoms with Crippen molar-refractivity contribution in [3.63, 3.8) is 0 Å². The molecule has 0 bridgehead atoms. The van der Waals surface area contributed by atoms with Crippen molar-refractivity contribution in [2.45, 2.75) is 19.6 Å². The maximum Gasteiger partial charge on any atom is 0.0473 e. The Labute approximate surface area is 213 Å². The Balaban J connectivity index is 1.35. The first-order valence-corrected chi connectivity index (χ1v) is 13.1. The fraction of sp³-hybridized carbons (Fsp3) is 0. The summed E-state index contributed by atoms with van der Waals surface area (Å²) in [6, 6.07) is 42.6. The van der Waals surface area contributed by atoms with Crippen molar-refractivity contribution in [2.75, 3.05) is 4.90 Å². The molecule has 0 N–H and O–H groups in total. The number of hydrogen-bond acceptors (Lipinski definition) is 3. The second-order valence-electron chi connectivity index (χ2n) is 8.01. The van der Waals surface area contributed by atoms with E-state index < -0.39 is 0 Å². The van der Waals surface area contributed by atoms with Crippen LogP contribution in [0.1, 0.15) is 0 Å². The topological polar surface area (TPSA) is 3.24 Å². The summed E-state index contributed by atoms with van der Waals surface area (Å²) >= 11 is 9.76. The van der Waals surface area contributed by atoms with Crippen LogP contribution in [0.4, 0.5) is 17.1 Å². The number of anilines is 3. The highest BCUT2D eigenvalue weighted by atomic mass is 35.5. The lowest BCUT2D eigenvalue weighted by molar-refractivity contribution is 1.14. The Hall–Kier alpha value is -3.11. The molecule has 6 rings (SSSR count). The first-order chi connectivity index (χ1) is 16.7.